The molecule has 164 valence electrons. The monoisotopic (exact) mass is 441 g/mol. The van der Waals surface area contributed by atoms with E-state index in [9.17, 15) is 13.2 Å². The fourth-order valence-electron chi connectivity index (χ4n) is 4.01. The predicted octanol–water partition coefficient (Wildman–Crippen LogP) is 4.22. The van der Waals surface area contributed by atoms with E-state index in [1.54, 1.807) is 18.2 Å². The highest BCUT2D eigenvalue weighted by molar-refractivity contribution is 7.89. The van der Waals surface area contributed by atoms with E-state index >= 15 is 0 Å². The van der Waals surface area contributed by atoms with Crippen LogP contribution in [0.25, 0.3) is 10.9 Å². The molecule has 3 aromatic rings. The number of nitrogens with zero attached hydrogens (tertiary/aromatic N) is 1. The van der Waals surface area contributed by atoms with Crippen molar-refractivity contribution >= 4 is 32.5 Å². The number of rotatable bonds is 5. The third kappa shape index (κ3) is 4.05. The molecule has 31 heavy (non-hydrogen) atoms. The number of aromatic nitrogens is 1. The van der Waals surface area contributed by atoms with Crippen molar-refractivity contribution in [2.24, 2.45) is 0 Å². The number of ether oxygens (including phenoxy) is 1. The zero-order valence-corrected chi connectivity index (χ0v) is 18.8. The van der Waals surface area contributed by atoms with Crippen LogP contribution in [0.5, 0.6) is 5.75 Å². The number of amides is 1. The molecule has 0 saturated carbocycles. The zero-order chi connectivity index (χ0) is 22.2. The second-order valence-corrected chi connectivity index (χ2v) is 9.83. The molecule has 1 amide bonds. The predicted molar refractivity (Wildman–Crippen MR) is 121 cm³/mol. The smallest absolute Gasteiger partial charge is 0.255 e. The summed E-state index contributed by atoms with van der Waals surface area (Å²) in [6.45, 7) is 5.00. The van der Waals surface area contributed by atoms with Crippen LogP contribution in [0.1, 0.15) is 40.9 Å². The van der Waals surface area contributed by atoms with Crippen molar-refractivity contribution in [1.29, 1.82) is 0 Å². The number of sulfonamides is 1. The molecule has 0 atom stereocenters. The summed E-state index contributed by atoms with van der Waals surface area (Å²) in [6.07, 6.45) is 2.72. The van der Waals surface area contributed by atoms with Gasteiger partial charge in [0, 0.05) is 40.9 Å². The first kappa shape index (κ1) is 21.4. The molecule has 4 rings (SSSR count). The molecule has 7 nitrogen and oxygen atoms in total. The zero-order valence-electron chi connectivity index (χ0n) is 18.0. The lowest BCUT2D eigenvalue weighted by molar-refractivity contribution is 0.102. The van der Waals surface area contributed by atoms with E-state index < -0.39 is 10.0 Å². The van der Waals surface area contributed by atoms with E-state index in [1.807, 2.05) is 26.0 Å². The first-order valence-electron chi connectivity index (χ1n) is 10.4. The van der Waals surface area contributed by atoms with Crippen LogP contribution >= 0.6 is 0 Å². The highest BCUT2D eigenvalue weighted by Crippen LogP contribution is 2.31. The molecule has 2 heterocycles. The minimum Gasteiger partial charge on any atom is -0.495 e. The lowest BCUT2D eigenvalue weighted by Gasteiger charge is -2.26. The van der Waals surface area contributed by atoms with Crippen LogP contribution in [-0.2, 0) is 10.0 Å². The van der Waals surface area contributed by atoms with Crippen LogP contribution in [0, 0.1) is 13.8 Å². The van der Waals surface area contributed by atoms with Crippen molar-refractivity contribution in [3.63, 3.8) is 0 Å². The number of carbonyl (C=O) groups is 1. The fraction of sp³-hybridized carbons (Fsp3) is 0.348. The number of methoxy groups -OCH3 is 1. The van der Waals surface area contributed by atoms with Gasteiger partial charge in [0.15, 0.2) is 0 Å². The third-order valence-corrected chi connectivity index (χ3v) is 7.84. The maximum absolute atomic E-state index is 13.2. The summed E-state index contributed by atoms with van der Waals surface area (Å²) < 4.78 is 33.2. The Bertz CT molecular complexity index is 1240. The molecule has 1 aromatic heterocycles. The number of piperidine rings is 1. The Balaban J connectivity index is 1.64. The van der Waals surface area contributed by atoms with Gasteiger partial charge in [-0.25, -0.2) is 8.42 Å². The van der Waals surface area contributed by atoms with Gasteiger partial charge in [0.25, 0.3) is 5.91 Å². The Kier molecular flexibility index (Phi) is 5.77. The molecular weight excluding hydrogens is 414 g/mol. The number of nitrogens with one attached hydrogen (secondary N) is 2. The Hall–Kier alpha value is -2.84. The summed E-state index contributed by atoms with van der Waals surface area (Å²) in [5.41, 5.74) is 4.06. The van der Waals surface area contributed by atoms with Crippen molar-refractivity contribution in [3.05, 3.63) is 53.2 Å². The molecular formula is C23H27N3O4S. The van der Waals surface area contributed by atoms with Crippen molar-refractivity contribution in [1.82, 2.24) is 9.29 Å². The molecule has 1 aliphatic rings. The topological polar surface area (TPSA) is 91.5 Å². The number of hydrogen-bond donors (Lipinski definition) is 2. The molecule has 0 spiro atoms. The van der Waals surface area contributed by atoms with Crippen LogP contribution in [0.2, 0.25) is 0 Å². The summed E-state index contributed by atoms with van der Waals surface area (Å²) in [5, 5.41) is 3.82. The Morgan fingerprint density at radius 2 is 1.81 bits per heavy atom. The number of fused-ring (bicyclic) bond motifs is 1. The number of H-pyrrole nitrogens is 1. The van der Waals surface area contributed by atoms with Crippen molar-refractivity contribution in [2.45, 2.75) is 38.0 Å². The van der Waals surface area contributed by atoms with Gasteiger partial charge < -0.3 is 15.0 Å². The maximum Gasteiger partial charge on any atom is 0.255 e. The van der Waals surface area contributed by atoms with Crippen LogP contribution in [-0.4, -0.2) is 43.8 Å². The summed E-state index contributed by atoms with van der Waals surface area (Å²) in [5.74, 6) is -0.0324. The average molecular weight is 442 g/mol. The second-order valence-electron chi connectivity index (χ2n) is 7.92. The maximum atomic E-state index is 13.2. The van der Waals surface area contributed by atoms with Crippen LogP contribution in [0.15, 0.2) is 41.3 Å². The quantitative estimate of drug-likeness (QED) is 0.620. The summed E-state index contributed by atoms with van der Waals surface area (Å²) in [6, 6.07) is 10.2. The lowest BCUT2D eigenvalue weighted by Crippen LogP contribution is -2.35. The van der Waals surface area contributed by atoms with E-state index in [2.05, 4.69) is 10.3 Å². The first-order valence-corrected chi connectivity index (χ1v) is 11.8. The molecule has 0 unspecified atom stereocenters. The Labute approximate surface area is 182 Å². The summed E-state index contributed by atoms with van der Waals surface area (Å²) >= 11 is 0. The van der Waals surface area contributed by atoms with Gasteiger partial charge in [0.2, 0.25) is 10.0 Å². The standard InChI is InChI=1S/C23H27N3O4S/c1-15-16(2)24-20-9-7-17(13-19(15)20)23(27)25-18-8-10-21(30-3)22(14-18)31(28,29)26-11-5-4-6-12-26/h7-10,13-14,24H,4-6,11-12H2,1-3H3,(H,25,27). The lowest BCUT2D eigenvalue weighted by atomic mass is 10.1. The highest BCUT2D eigenvalue weighted by Gasteiger charge is 2.29. The Morgan fingerprint density at radius 1 is 1.06 bits per heavy atom. The van der Waals surface area contributed by atoms with Gasteiger partial charge in [-0.3, -0.25) is 4.79 Å². The number of hydrogen-bond acceptors (Lipinski definition) is 4. The average Bonchev–Trinajstić information content (AvgIpc) is 3.07. The van der Waals surface area contributed by atoms with E-state index in [0.717, 1.165) is 41.4 Å². The molecule has 1 aliphatic heterocycles. The van der Waals surface area contributed by atoms with Crippen LogP contribution in [0.3, 0.4) is 0 Å². The minimum absolute atomic E-state index is 0.0715. The van der Waals surface area contributed by atoms with E-state index in [-0.39, 0.29) is 16.6 Å². The van der Waals surface area contributed by atoms with Gasteiger partial charge >= 0.3 is 0 Å². The minimum atomic E-state index is -3.71. The van der Waals surface area contributed by atoms with Gasteiger partial charge in [-0.15, -0.1) is 0 Å². The van der Waals surface area contributed by atoms with Gasteiger partial charge in [0.05, 0.1) is 7.11 Å². The third-order valence-electron chi connectivity index (χ3n) is 5.92. The Morgan fingerprint density at radius 3 is 2.52 bits per heavy atom. The molecule has 0 aliphatic carbocycles. The molecule has 0 bridgehead atoms. The largest absolute Gasteiger partial charge is 0.495 e. The number of aryl methyl sites for hydroxylation is 2. The van der Waals surface area contributed by atoms with Gasteiger partial charge in [-0.05, 0) is 68.7 Å². The van der Waals surface area contributed by atoms with E-state index in [0.29, 0.717) is 24.3 Å². The SMILES string of the molecule is COc1ccc(NC(=O)c2ccc3[nH]c(C)c(C)c3c2)cc1S(=O)(=O)N1CCCCC1. The van der Waals surface area contributed by atoms with E-state index in [1.165, 1.54) is 17.5 Å². The molecule has 1 fully saturated rings. The van der Waals surface area contributed by atoms with Crippen LogP contribution in [0.4, 0.5) is 5.69 Å². The summed E-state index contributed by atoms with van der Waals surface area (Å²) in [4.78, 5) is 16.2. The second kappa shape index (κ2) is 8.36. The number of aromatic amines is 1. The first-order chi connectivity index (χ1) is 14.8. The van der Waals surface area contributed by atoms with Crippen molar-refractivity contribution in [2.75, 3.05) is 25.5 Å². The van der Waals surface area contributed by atoms with E-state index in [4.69, 9.17) is 4.74 Å². The van der Waals surface area contributed by atoms with Crippen molar-refractivity contribution in [3.8, 4) is 5.75 Å². The summed E-state index contributed by atoms with van der Waals surface area (Å²) in [7, 11) is -2.26. The number of benzene rings is 2. The molecule has 0 radical (unpaired) electrons. The van der Waals surface area contributed by atoms with Gasteiger partial charge in [-0.1, -0.05) is 6.42 Å². The fourth-order valence-corrected chi connectivity index (χ4v) is 5.70. The molecule has 8 heteroatoms. The van der Waals surface area contributed by atoms with Crippen molar-refractivity contribution < 1.29 is 17.9 Å². The van der Waals surface area contributed by atoms with Crippen LogP contribution < -0.4 is 10.1 Å². The van der Waals surface area contributed by atoms with Gasteiger partial charge in [0.1, 0.15) is 10.6 Å². The number of carbonyl (C=O) groups excluding carboxylic acids is 1. The highest BCUT2D eigenvalue weighted by atomic mass is 32.2. The number of anilines is 1. The molecule has 2 aromatic carbocycles. The molecule has 2 N–H and O–H groups in total. The normalized spacial score (nSPS) is 15.2. The van der Waals surface area contributed by atoms with Gasteiger partial charge in [-0.2, -0.15) is 4.31 Å². The molecule has 1 saturated heterocycles.